The summed E-state index contributed by atoms with van der Waals surface area (Å²) in [5.74, 6) is 1.41. The van der Waals surface area contributed by atoms with Gasteiger partial charge in [0.2, 0.25) is 10.0 Å². The molecule has 7 heteroatoms. The molecular formula is C26H36N4O2S. The van der Waals surface area contributed by atoms with Crippen molar-refractivity contribution in [3.63, 3.8) is 0 Å². The quantitative estimate of drug-likeness (QED) is 0.677. The molecular weight excluding hydrogens is 432 g/mol. The van der Waals surface area contributed by atoms with E-state index in [-0.39, 0.29) is 0 Å². The summed E-state index contributed by atoms with van der Waals surface area (Å²) in [6, 6.07) is 18.1. The van der Waals surface area contributed by atoms with Crippen LogP contribution in [-0.4, -0.2) is 76.6 Å². The normalized spacial score (nSPS) is 28.2. The SMILES string of the molecule is Cc1ccc(S(=O)(=O)NC[C@H]2C[C@@H]3CCN2C[C@@H]3CN2CCN(c3ccccc3)CC2)cc1. The first-order valence-corrected chi connectivity index (χ1v) is 13.8. The van der Waals surface area contributed by atoms with E-state index in [9.17, 15) is 8.42 Å². The lowest BCUT2D eigenvalue weighted by Gasteiger charge is -2.51. The second kappa shape index (κ2) is 9.74. The van der Waals surface area contributed by atoms with E-state index in [1.807, 2.05) is 19.1 Å². The topological polar surface area (TPSA) is 55.9 Å². The molecule has 4 aliphatic rings. The number of hydrogen-bond acceptors (Lipinski definition) is 5. The number of nitrogens with one attached hydrogen (secondary N) is 1. The fourth-order valence-corrected chi connectivity index (χ4v) is 6.91. The molecule has 2 aromatic rings. The van der Waals surface area contributed by atoms with Gasteiger partial charge in [-0.25, -0.2) is 13.1 Å². The Morgan fingerprint density at radius 1 is 0.939 bits per heavy atom. The molecule has 4 aliphatic heterocycles. The minimum atomic E-state index is -3.45. The Bertz CT molecular complexity index is 1020. The van der Waals surface area contributed by atoms with Crippen LogP contribution in [0.25, 0.3) is 0 Å². The second-order valence-corrected chi connectivity index (χ2v) is 11.7. The Hall–Kier alpha value is -1.93. The van der Waals surface area contributed by atoms with Crippen LogP contribution in [-0.2, 0) is 10.0 Å². The molecule has 4 atom stereocenters. The van der Waals surface area contributed by atoms with Gasteiger partial charge >= 0.3 is 0 Å². The lowest BCUT2D eigenvalue weighted by molar-refractivity contribution is -0.0107. The summed E-state index contributed by atoms with van der Waals surface area (Å²) in [5.41, 5.74) is 2.40. The lowest BCUT2D eigenvalue weighted by atomic mass is 9.75. The highest BCUT2D eigenvalue weighted by Crippen LogP contribution is 2.36. The predicted octanol–water partition coefficient (Wildman–Crippen LogP) is 2.81. The van der Waals surface area contributed by atoms with Gasteiger partial charge in [0.1, 0.15) is 0 Å². The molecule has 0 aromatic heterocycles. The Kier molecular flexibility index (Phi) is 6.74. The molecule has 0 spiro atoms. The summed E-state index contributed by atoms with van der Waals surface area (Å²) < 4.78 is 28.3. The van der Waals surface area contributed by atoms with Gasteiger partial charge in [0, 0.05) is 57.5 Å². The molecule has 2 bridgehead atoms. The number of fused-ring (bicyclic) bond motifs is 3. The van der Waals surface area contributed by atoms with Gasteiger partial charge in [-0.2, -0.15) is 0 Å². The molecule has 4 saturated heterocycles. The van der Waals surface area contributed by atoms with E-state index in [1.54, 1.807) is 12.1 Å². The van der Waals surface area contributed by atoms with Crippen molar-refractivity contribution in [2.45, 2.75) is 30.7 Å². The summed E-state index contributed by atoms with van der Waals surface area (Å²) in [7, 11) is -3.45. The molecule has 33 heavy (non-hydrogen) atoms. The number of benzene rings is 2. The molecule has 4 heterocycles. The molecule has 6 nitrogen and oxygen atoms in total. The maximum atomic E-state index is 12.7. The summed E-state index contributed by atoms with van der Waals surface area (Å²) in [6.45, 7) is 10.3. The van der Waals surface area contributed by atoms with E-state index in [0.29, 0.717) is 29.3 Å². The first-order chi connectivity index (χ1) is 16.0. The number of aryl methyl sites for hydroxylation is 1. The van der Waals surface area contributed by atoms with E-state index < -0.39 is 10.0 Å². The maximum Gasteiger partial charge on any atom is 0.240 e. The van der Waals surface area contributed by atoms with E-state index in [4.69, 9.17) is 0 Å². The monoisotopic (exact) mass is 468 g/mol. The van der Waals surface area contributed by atoms with Crippen LogP contribution in [0.2, 0.25) is 0 Å². The van der Waals surface area contributed by atoms with Crippen molar-refractivity contribution < 1.29 is 8.42 Å². The number of sulfonamides is 1. The first kappa shape index (κ1) is 22.8. The largest absolute Gasteiger partial charge is 0.369 e. The zero-order valence-electron chi connectivity index (χ0n) is 19.6. The number of anilines is 1. The molecule has 0 saturated carbocycles. The molecule has 178 valence electrons. The van der Waals surface area contributed by atoms with Crippen LogP contribution in [0.1, 0.15) is 18.4 Å². The number of para-hydroxylation sites is 1. The van der Waals surface area contributed by atoms with Gasteiger partial charge in [-0.15, -0.1) is 0 Å². The molecule has 1 unspecified atom stereocenters. The molecule has 0 radical (unpaired) electrons. The van der Waals surface area contributed by atoms with Crippen molar-refractivity contribution in [1.29, 1.82) is 0 Å². The van der Waals surface area contributed by atoms with Crippen molar-refractivity contribution in [3.8, 4) is 0 Å². The van der Waals surface area contributed by atoms with Gasteiger partial charge in [0.25, 0.3) is 0 Å². The van der Waals surface area contributed by atoms with Crippen molar-refractivity contribution in [2.75, 3.05) is 57.3 Å². The van der Waals surface area contributed by atoms with Gasteiger partial charge in [-0.3, -0.25) is 9.80 Å². The van der Waals surface area contributed by atoms with E-state index in [0.717, 1.165) is 51.3 Å². The number of piperazine rings is 1. The third-order valence-electron chi connectivity index (χ3n) is 7.84. The average Bonchev–Trinajstić information content (AvgIpc) is 2.85. The van der Waals surface area contributed by atoms with Gasteiger partial charge in [0.05, 0.1) is 4.90 Å². The molecule has 6 rings (SSSR count). The summed E-state index contributed by atoms with van der Waals surface area (Å²) >= 11 is 0. The van der Waals surface area contributed by atoms with Crippen LogP contribution in [0.5, 0.6) is 0 Å². The van der Waals surface area contributed by atoms with E-state index in [1.165, 1.54) is 18.7 Å². The zero-order valence-corrected chi connectivity index (χ0v) is 20.4. The van der Waals surface area contributed by atoms with Crippen LogP contribution in [0.3, 0.4) is 0 Å². The summed E-state index contributed by atoms with van der Waals surface area (Å²) in [4.78, 5) is 8.02. The Balaban J connectivity index is 1.11. The van der Waals surface area contributed by atoms with Crippen molar-refractivity contribution in [3.05, 3.63) is 60.2 Å². The predicted molar refractivity (Wildman–Crippen MR) is 133 cm³/mol. The Morgan fingerprint density at radius 2 is 1.67 bits per heavy atom. The molecule has 4 fully saturated rings. The van der Waals surface area contributed by atoms with Gasteiger partial charge in [0.15, 0.2) is 0 Å². The minimum absolute atomic E-state index is 0.315. The summed E-state index contributed by atoms with van der Waals surface area (Å²) in [6.07, 6.45) is 2.35. The van der Waals surface area contributed by atoms with Crippen molar-refractivity contribution in [2.24, 2.45) is 11.8 Å². The van der Waals surface area contributed by atoms with E-state index >= 15 is 0 Å². The highest BCUT2D eigenvalue weighted by atomic mass is 32.2. The zero-order chi connectivity index (χ0) is 22.8. The second-order valence-electron chi connectivity index (χ2n) is 9.98. The Labute approximate surface area is 198 Å². The molecule has 2 aromatic carbocycles. The van der Waals surface area contributed by atoms with Gasteiger partial charge in [-0.1, -0.05) is 35.9 Å². The number of rotatable bonds is 7. The van der Waals surface area contributed by atoms with Gasteiger partial charge in [-0.05, 0) is 62.4 Å². The number of hydrogen-bond donors (Lipinski definition) is 1. The highest BCUT2D eigenvalue weighted by molar-refractivity contribution is 7.89. The molecule has 0 amide bonds. The van der Waals surface area contributed by atoms with Crippen LogP contribution < -0.4 is 9.62 Å². The standard InChI is InChI=1S/C26H36N4O2S/c1-21-7-9-26(10-8-21)33(31,32)27-18-25-17-22-11-12-30(25)20-23(22)19-28-13-15-29(16-14-28)24-5-3-2-4-6-24/h2-10,22-23,25,27H,11-20H2,1H3/t22-,23-,25+/m0/s1. The number of nitrogens with zero attached hydrogens (tertiary/aromatic N) is 3. The smallest absolute Gasteiger partial charge is 0.240 e. The molecule has 1 N–H and O–H groups in total. The third-order valence-corrected chi connectivity index (χ3v) is 9.28. The minimum Gasteiger partial charge on any atom is -0.369 e. The van der Waals surface area contributed by atoms with Crippen LogP contribution >= 0.6 is 0 Å². The van der Waals surface area contributed by atoms with E-state index in [2.05, 4.69) is 49.8 Å². The van der Waals surface area contributed by atoms with Crippen LogP contribution in [0.4, 0.5) is 5.69 Å². The van der Waals surface area contributed by atoms with Crippen molar-refractivity contribution >= 4 is 15.7 Å². The fourth-order valence-electron chi connectivity index (χ4n) is 5.83. The number of piperidine rings is 3. The lowest BCUT2D eigenvalue weighted by Crippen LogP contribution is -2.59. The van der Waals surface area contributed by atoms with Crippen LogP contribution in [0, 0.1) is 18.8 Å². The summed E-state index contributed by atoms with van der Waals surface area (Å²) in [5, 5.41) is 0. The molecule has 0 aliphatic carbocycles. The van der Waals surface area contributed by atoms with Gasteiger partial charge < -0.3 is 4.90 Å². The average molecular weight is 469 g/mol. The first-order valence-electron chi connectivity index (χ1n) is 12.3. The van der Waals surface area contributed by atoms with Crippen molar-refractivity contribution in [1.82, 2.24) is 14.5 Å². The Morgan fingerprint density at radius 3 is 2.33 bits per heavy atom. The maximum absolute atomic E-state index is 12.7. The van der Waals surface area contributed by atoms with Crippen LogP contribution in [0.15, 0.2) is 59.5 Å². The fraction of sp³-hybridized carbons (Fsp3) is 0.538. The highest BCUT2D eigenvalue weighted by Gasteiger charge is 2.41. The third kappa shape index (κ3) is 5.27.